The number of ether oxygens (including phenoxy) is 1. The number of methoxy groups -OCH3 is 1. The van der Waals surface area contributed by atoms with Crippen molar-refractivity contribution in [2.75, 3.05) is 7.11 Å². The van der Waals surface area contributed by atoms with Gasteiger partial charge in [0.25, 0.3) is 0 Å². The standard InChI is InChI=1S/C23H28N2O2/c1-5-16(2)24-23(26)14-20(17-10-12-18(27-4)13-11-17)21-15-25(3)22-9-7-6-8-19(21)22/h6-13,15-16,20H,5,14H2,1-4H3,(H,24,26)/t16-,20+/m0/s1. The zero-order valence-electron chi connectivity index (χ0n) is 16.5. The monoisotopic (exact) mass is 364 g/mol. The fourth-order valence-corrected chi connectivity index (χ4v) is 3.52. The highest BCUT2D eigenvalue weighted by Gasteiger charge is 2.22. The molecule has 1 amide bonds. The normalized spacial score (nSPS) is 13.3. The molecule has 0 aliphatic carbocycles. The van der Waals surface area contributed by atoms with Crippen molar-refractivity contribution in [3.63, 3.8) is 0 Å². The van der Waals surface area contributed by atoms with Crippen LogP contribution in [-0.4, -0.2) is 23.6 Å². The Morgan fingerprint density at radius 1 is 1.15 bits per heavy atom. The number of aromatic nitrogens is 1. The second-order valence-corrected chi connectivity index (χ2v) is 7.12. The zero-order valence-corrected chi connectivity index (χ0v) is 16.5. The van der Waals surface area contributed by atoms with Gasteiger partial charge in [-0.1, -0.05) is 37.3 Å². The van der Waals surface area contributed by atoms with E-state index in [0.29, 0.717) is 6.42 Å². The van der Waals surface area contributed by atoms with Crippen molar-refractivity contribution in [2.24, 2.45) is 7.05 Å². The molecule has 3 aromatic rings. The van der Waals surface area contributed by atoms with Crippen molar-refractivity contribution < 1.29 is 9.53 Å². The number of aryl methyl sites for hydroxylation is 1. The number of carbonyl (C=O) groups is 1. The van der Waals surface area contributed by atoms with Crippen LogP contribution < -0.4 is 10.1 Å². The van der Waals surface area contributed by atoms with Crippen LogP contribution in [0.5, 0.6) is 5.75 Å². The second kappa shape index (κ2) is 8.30. The third kappa shape index (κ3) is 4.16. The summed E-state index contributed by atoms with van der Waals surface area (Å²) in [6.45, 7) is 4.12. The van der Waals surface area contributed by atoms with Gasteiger partial charge >= 0.3 is 0 Å². The molecule has 4 heteroatoms. The van der Waals surface area contributed by atoms with E-state index in [1.54, 1.807) is 7.11 Å². The maximum Gasteiger partial charge on any atom is 0.221 e. The summed E-state index contributed by atoms with van der Waals surface area (Å²) in [5.41, 5.74) is 3.47. The average molecular weight is 364 g/mol. The van der Waals surface area contributed by atoms with Crippen molar-refractivity contribution in [2.45, 2.75) is 38.6 Å². The van der Waals surface area contributed by atoms with Gasteiger partial charge in [-0.05, 0) is 42.7 Å². The number of amides is 1. The van der Waals surface area contributed by atoms with Gasteiger partial charge in [-0.2, -0.15) is 0 Å². The highest BCUT2D eigenvalue weighted by molar-refractivity contribution is 5.86. The molecule has 1 N–H and O–H groups in total. The molecule has 0 saturated heterocycles. The Balaban J connectivity index is 2.01. The number of para-hydroxylation sites is 1. The van der Waals surface area contributed by atoms with Crippen LogP contribution in [0.2, 0.25) is 0 Å². The van der Waals surface area contributed by atoms with Crippen LogP contribution in [-0.2, 0) is 11.8 Å². The minimum Gasteiger partial charge on any atom is -0.497 e. The molecule has 0 saturated carbocycles. The van der Waals surface area contributed by atoms with Crippen LogP contribution in [0.15, 0.2) is 54.7 Å². The molecule has 0 unspecified atom stereocenters. The molecule has 1 heterocycles. The van der Waals surface area contributed by atoms with E-state index in [9.17, 15) is 4.79 Å². The van der Waals surface area contributed by atoms with Crippen molar-refractivity contribution in [1.82, 2.24) is 9.88 Å². The molecule has 2 aromatic carbocycles. The number of hydrogen-bond acceptors (Lipinski definition) is 2. The third-order valence-electron chi connectivity index (χ3n) is 5.23. The lowest BCUT2D eigenvalue weighted by Gasteiger charge is -2.19. The maximum absolute atomic E-state index is 12.7. The largest absolute Gasteiger partial charge is 0.497 e. The molecule has 0 fully saturated rings. The Morgan fingerprint density at radius 2 is 1.85 bits per heavy atom. The fraction of sp³-hybridized carbons (Fsp3) is 0.348. The van der Waals surface area contributed by atoms with E-state index in [2.05, 4.69) is 60.4 Å². The van der Waals surface area contributed by atoms with Crippen molar-refractivity contribution >= 4 is 16.8 Å². The lowest BCUT2D eigenvalue weighted by Crippen LogP contribution is -2.33. The predicted octanol–water partition coefficient (Wildman–Crippen LogP) is 4.62. The fourth-order valence-electron chi connectivity index (χ4n) is 3.52. The Bertz CT molecular complexity index is 912. The van der Waals surface area contributed by atoms with E-state index in [0.717, 1.165) is 17.7 Å². The summed E-state index contributed by atoms with van der Waals surface area (Å²) in [7, 11) is 3.72. The Hall–Kier alpha value is -2.75. The lowest BCUT2D eigenvalue weighted by atomic mass is 9.88. The first kappa shape index (κ1) is 19.0. The van der Waals surface area contributed by atoms with Crippen LogP contribution in [0.4, 0.5) is 0 Å². The van der Waals surface area contributed by atoms with Gasteiger partial charge in [-0.15, -0.1) is 0 Å². The second-order valence-electron chi connectivity index (χ2n) is 7.12. The molecule has 0 radical (unpaired) electrons. The summed E-state index contributed by atoms with van der Waals surface area (Å²) in [5.74, 6) is 0.892. The van der Waals surface area contributed by atoms with Gasteiger partial charge in [-0.25, -0.2) is 0 Å². The Morgan fingerprint density at radius 3 is 2.52 bits per heavy atom. The number of hydrogen-bond donors (Lipinski definition) is 1. The van der Waals surface area contributed by atoms with Crippen LogP contribution >= 0.6 is 0 Å². The van der Waals surface area contributed by atoms with E-state index < -0.39 is 0 Å². The number of nitrogens with one attached hydrogen (secondary N) is 1. The molecule has 142 valence electrons. The molecular formula is C23H28N2O2. The van der Waals surface area contributed by atoms with E-state index in [1.807, 2.05) is 25.1 Å². The topological polar surface area (TPSA) is 43.3 Å². The van der Waals surface area contributed by atoms with Crippen molar-refractivity contribution in [3.05, 3.63) is 65.9 Å². The molecule has 0 bridgehead atoms. The molecule has 0 aliphatic heterocycles. The number of rotatable bonds is 7. The first-order chi connectivity index (χ1) is 13.0. The van der Waals surface area contributed by atoms with Gasteiger partial charge < -0.3 is 14.6 Å². The molecule has 0 spiro atoms. The van der Waals surface area contributed by atoms with Crippen LogP contribution in [0.25, 0.3) is 10.9 Å². The maximum atomic E-state index is 12.7. The summed E-state index contributed by atoms with van der Waals surface area (Å²) in [6, 6.07) is 16.6. The van der Waals surface area contributed by atoms with Crippen molar-refractivity contribution in [3.8, 4) is 5.75 Å². The highest BCUT2D eigenvalue weighted by Crippen LogP contribution is 2.35. The van der Waals surface area contributed by atoms with Gasteiger partial charge in [0.1, 0.15) is 5.75 Å². The lowest BCUT2D eigenvalue weighted by molar-refractivity contribution is -0.121. The summed E-state index contributed by atoms with van der Waals surface area (Å²) in [6.07, 6.45) is 3.49. The highest BCUT2D eigenvalue weighted by atomic mass is 16.5. The Labute approximate surface area is 161 Å². The minimum atomic E-state index is -0.00828. The quantitative estimate of drug-likeness (QED) is 0.664. The predicted molar refractivity (Wildman–Crippen MR) is 110 cm³/mol. The Kier molecular flexibility index (Phi) is 5.84. The third-order valence-corrected chi connectivity index (χ3v) is 5.23. The van der Waals surface area contributed by atoms with E-state index >= 15 is 0 Å². The molecular weight excluding hydrogens is 336 g/mol. The van der Waals surface area contributed by atoms with E-state index in [4.69, 9.17) is 4.74 Å². The molecule has 2 atom stereocenters. The summed E-state index contributed by atoms with van der Waals surface area (Å²) < 4.78 is 7.43. The summed E-state index contributed by atoms with van der Waals surface area (Å²) in [5, 5.41) is 4.30. The number of benzene rings is 2. The van der Waals surface area contributed by atoms with Crippen molar-refractivity contribution in [1.29, 1.82) is 0 Å². The van der Waals surface area contributed by atoms with Gasteiger partial charge in [0.2, 0.25) is 5.91 Å². The van der Waals surface area contributed by atoms with Crippen LogP contribution in [0.3, 0.4) is 0 Å². The van der Waals surface area contributed by atoms with Gasteiger partial charge in [0.15, 0.2) is 0 Å². The molecule has 4 nitrogen and oxygen atoms in total. The first-order valence-corrected chi connectivity index (χ1v) is 9.50. The number of carbonyl (C=O) groups excluding carboxylic acids is 1. The minimum absolute atomic E-state index is 0.00828. The molecule has 1 aromatic heterocycles. The smallest absolute Gasteiger partial charge is 0.221 e. The van der Waals surface area contributed by atoms with Gasteiger partial charge in [0.05, 0.1) is 7.11 Å². The van der Waals surface area contributed by atoms with Gasteiger partial charge in [0, 0.05) is 42.5 Å². The van der Waals surface area contributed by atoms with Gasteiger partial charge in [-0.3, -0.25) is 4.79 Å². The summed E-state index contributed by atoms with van der Waals surface area (Å²) >= 11 is 0. The van der Waals surface area contributed by atoms with Crippen LogP contribution in [0.1, 0.15) is 43.7 Å². The van der Waals surface area contributed by atoms with Crippen LogP contribution in [0, 0.1) is 0 Å². The average Bonchev–Trinajstić information content (AvgIpc) is 3.03. The number of nitrogens with zero attached hydrogens (tertiary/aromatic N) is 1. The molecule has 0 aliphatic rings. The first-order valence-electron chi connectivity index (χ1n) is 9.50. The van der Waals surface area contributed by atoms with E-state index in [-0.39, 0.29) is 17.9 Å². The SMILES string of the molecule is CC[C@H](C)NC(=O)C[C@H](c1ccc(OC)cc1)c1cn(C)c2ccccc12. The number of fused-ring (bicyclic) bond motifs is 1. The summed E-state index contributed by atoms with van der Waals surface area (Å²) in [4.78, 5) is 12.7. The van der Waals surface area contributed by atoms with E-state index in [1.165, 1.54) is 16.5 Å². The zero-order chi connectivity index (χ0) is 19.4. The molecule has 3 rings (SSSR count). The molecule has 27 heavy (non-hydrogen) atoms.